The van der Waals surface area contributed by atoms with Crippen LogP contribution in [0.25, 0.3) is 0 Å². The summed E-state index contributed by atoms with van der Waals surface area (Å²) in [5.74, 6) is 6.64. The normalized spacial score (nSPS) is 13.1. The maximum atomic E-state index is 9.79. The van der Waals surface area contributed by atoms with Gasteiger partial charge >= 0.3 is 0 Å². The summed E-state index contributed by atoms with van der Waals surface area (Å²) < 4.78 is 6.90. The van der Waals surface area contributed by atoms with Crippen LogP contribution in [-0.4, -0.2) is 36.6 Å². The Balaban J connectivity index is 1.82. The molecule has 2 atom stereocenters. The molecule has 0 bridgehead atoms. The zero-order chi connectivity index (χ0) is 18.5. The largest absolute Gasteiger partial charge is 0.394 e. The van der Waals surface area contributed by atoms with Gasteiger partial charge in [0.15, 0.2) is 0 Å². The lowest BCUT2D eigenvalue weighted by Gasteiger charge is -2.17. The SMILES string of the molecule is CC(O)c1nccn1C(CO)c1cc(C#Cc2ccc(CO)cc2)on1. The number of hydrogen-bond acceptors (Lipinski definition) is 6. The topological polar surface area (TPSA) is 105 Å². The van der Waals surface area contributed by atoms with Gasteiger partial charge in [0.2, 0.25) is 5.76 Å². The summed E-state index contributed by atoms with van der Waals surface area (Å²) in [5, 5.41) is 32.6. The van der Waals surface area contributed by atoms with Gasteiger partial charge in [-0.1, -0.05) is 23.2 Å². The van der Waals surface area contributed by atoms with Crippen LogP contribution < -0.4 is 0 Å². The van der Waals surface area contributed by atoms with Crippen LogP contribution >= 0.6 is 0 Å². The molecule has 2 aromatic heterocycles. The zero-order valence-corrected chi connectivity index (χ0v) is 14.2. The van der Waals surface area contributed by atoms with E-state index in [1.54, 1.807) is 42.1 Å². The molecule has 3 N–H and O–H groups in total. The van der Waals surface area contributed by atoms with Gasteiger partial charge < -0.3 is 24.4 Å². The highest BCUT2D eigenvalue weighted by Crippen LogP contribution is 2.22. The minimum Gasteiger partial charge on any atom is -0.394 e. The molecule has 0 aliphatic carbocycles. The molecule has 7 heteroatoms. The van der Waals surface area contributed by atoms with E-state index in [4.69, 9.17) is 9.63 Å². The van der Waals surface area contributed by atoms with E-state index >= 15 is 0 Å². The van der Waals surface area contributed by atoms with Crippen molar-refractivity contribution in [3.05, 3.63) is 71.1 Å². The number of benzene rings is 1. The molecule has 0 aliphatic rings. The van der Waals surface area contributed by atoms with Gasteiger partial charge in [0.1, 0.15) is 23.7 Å². The van der Waals surface area contributed by atoms with Crippen molar-refractivity contribution >= 4 is 0 Å². The lowest BCUT2D eigenvalue weighted by molar-refractivity contribution is 0.173. The molecular formula is C19H19N3O4. The van der Waals surface area contributed by atoms with E-state index in [9.17, 15) is 10.2 Å². The smallest absolute Gasteiger partial charge is 0.210 e. The summed E-state index contributed by atoms with van der Waals surface area (Å²) in [4.78, 5) is 4.10. The predicted octanol–water partition coefficient (Wildman–Crippen LogP) is 1.40. The third kappa shape index (κ3) is 3.83. The maximum Gasteiger partial charge on any atom is 0.210 e. The molecule has 2 heterocycles. The van der Waals surface area contributed by atoms with E-state index < -0.39 is 12.1 Å². The number of hydrogen-bond donors (Lipinski definition) is 3. The van der Waals surface area contributed by atoms with Gasteiger partial charge in [-0.3, -0.25) is 0 Å². The van der Waals surface area contributed by atoms with E-state index in [2.05, 4.69) is 22.0 Å². The van der Waals surface area contributed by atoms with Crippen molar-refractivity contribution in [1.29, 1.82) is 0 Å². The summed E-state index contributed by atoms with van der Waals surface area (Å²) in [5.41, 5.74) is 2.09. The maximum absolute atomic E-state index is 9.79. The Morgan fingerprint density at radius 2 is 1.96 bits per heavy atom. The second-order valence-electron chi connectivity index (χ2n) is 5.79. The molecule has 0 fully saturated rings. The molecule has 0 saturated carbocycles. The Bertz CT molecular complexity index is 916. The first-order chi connectivity index (χ1) is 12.6. The second kappa shape index (κ2) is 7.97. The molecule has 7 nitrogen and oxygen atoms in total. The summed E-state index contributed by atoms with van der Waals surface area (Å²) in [6.07, 6.45) is 2.46. The van der Waals surface area contributed by atoms with Crippen LogP contribution in [0.1, 0.15) is 47.5 Å². The summed E-state index contributed by atoms with van der Waals surface area (Å²) >= 11 is 0. The molecule has 2 unspecified atom stereocenters. The molecule has 0 spiro atoms. The van der Waals surface area contributed by atoms with Gasteiger partial charge in [0, 0.05) is 24.0 Å². The quantitative estimate of drug-likeness (QED) is 0.599. The third-order valence-electron chi connectivity index (χ3n) is 3.92. The molecule has 3 rings (SSSR count). The standard InChI is InChI=1S/C19H19N3O4/c1-13(25)19-20-8-9-22(19)18(12-24)17-10-16(26-21-17)7-6-14-2-4-15(11-23)5-3-14/h2-5,8-10,13,18,23-25H,11-12H2,1H3. The Morgan fingerprint density at radius 3 is 2.62 bits per heavy atom. The predicted molar refractivity (Wildman–Crippen MR) is 92.9 cm³/mol. The number of aromatic nitrogens is 3. The van der Waals surface area contributed by atoms with Gasteiger partial charge in [-0.15, -0.1) is 0 Å². The fraction of sp³-hybridized carbons (Fsp3) is 0.263. The number of rotatable bonds is 5. The Kier molecular flexibility index (Phi) is 5.49. The van der Waals surface area contributed by atoms with E-state index in [0.717, 1.165) is 11.1 Å². The van der Waals surface area contributed by atoms with Crippen molar-refractivity contribution in [3.8, 4) is 11.8 Å². The zero-order valence-electron chi connectivity index (χ0n) is 14.2. The first-order valence-electron chi connectivity index (χ1n) is 8.12. The van der Waals surface area contributed by atoms with Crippen molar-refractivity contribution < 1.29 is 19.8 Å². The van der Waals surface area contributed by atoms with Crippen LogP contribution in [0.3, 0.4) is 0 Å². The first-order valence-corrected chi connectivity index (χ1v) is 8.12. The summed E-state index contributed by atoms with van der Waals surface area (Å²) in [6, 6.07) is 8.36. The van der Waals surface area contributed by atoms with E-state index in [1.807, 2.05) is 12.1 Å². The highest BCUT2D eigenvalue weighted by Gasteiger charge is 2.21. The lowest BCUT2D eigenvalue weighted by atomic mass is 10.1. The van der Waals surface area contributed by atoms with Crippen molar-refractivity contribution in [3.63, 3.8) is 0 Å². The molecule has 3 aromatic rings. The Morgan fingerprint density at radius 1 is 1.19 bits per heavy atom. The fourth-order valence-electron chi connectivity index (χ4n) is 2.57. The van der Waals surface area contributed by atoms with Crippen LogP contribution in [0.5, 0.6) is 0 Å². The second-order valence-corrected chi connectivity index (χ2v) is 5.79. The first kappa shape index (κ1) is 17.9. The number of nitrogens with zero attached hydrogens (tertiary/aromatic N) is 3. The highest BCUT2D eigenvalue weighted by atomic mass is 16.5. The van der Waals surface area contributed by atoms with Crippen LogP contribution in [0.4, 0.5) is 0 Å². The third-order valence-corrected chi connectivity index (χ3v) is 3.92. The average molecular weight is 353 g/mol. The summed E-state index contributed by atoms with van der Waals surface area (Å²) in [7, 11) is 0. The van der Waals surface area contributed by atoms with Gasteiger partial charge in [-0.2, -0.15) is 0 Å². The molecule has 26 heavy (non-hydrogen) atoms. The van der Waals surface area contributed by atoms with E-state index in [0.29, 0.717) is 17.3 Å². The minimum absolute atomic E-state index is 0.00951. The van der Waals surface area contributed by atoms with Gasteiger partial charge in [-0.05, 0) is 30.5 Å². The summed E-state index contributed by atoms with van der Waals surface area (Å²) in [6.45, 7) is 1.37. The van der Waals surface area contributed by atoms with Crippen molar-refractivity contribution in [2.24, 2.45) is 0 Å². The van der Waals surface area contributed by atoms with Gasteiger partial charge in [0.05, 0.1) is 13.2 Å². The van der Waals surface area contributed by atoms with E-state index in [-0.39, 0.29) is 13.2 Å². The monoisotopic (exact) mass is 353 g/mol. The van der Waals surface area contributed by atoms with Crippen molar-refractivity contribution in [2.45, 2.75) is 25.7 Å². The van der Waals surface area contributed by atoms with Crippen LogP contribution in [0, 0.1) is 11.8 Å². The van der Waals surface area contributed by atoms with Crippen LogP contribution in [0.15, 0.2) is 47.2 Å². The molecule has 1 aromatic carbocycles. The van der Waals surface area contributed by atoms with Gasteiger partial charge in [0.25, 0.3) is 0 Å². The molecule has 0 aliphatic heterocycles. The van der Waals surface area contributed by atoms with E-state index in [1.165, 1.54) is 0 Å². The molecule has 134 valence electrons. The minimum atomic E-state index is -0.771. The molecule has 0 saturated heterocycles. The van der Waals surface area contributed by atoms with Crippen molar-refractivity contribution in [2.75, 3.05) is 6.61 Å². The molecule has 0 radical (unpaired) electrons. The molecular weight excluding hydrogens is 334 g/mol. The Labute approximate surface area is 150 Å². The van der Waals surface area contributed by atoms with Crippen molar-refractivity contribution in [1.82, 2.24) is 14.7 Å². The lowest BCUT2D eigenvalue weighted by Crippen LogP contribution is -2.18. The fourth-order valence-corrected chi connectivity index (χ4v) is 2.57. The van der Waals surface area contributed by atoms with Crippen LogP contribution in [0.2, 0.25) is 0 Å². The number of aliphatic hydroxyl groups excluding tert-OH is 3. The number of aliphatic hydroxyl groups is 3. The Hall–Kier alpha value is -2.92. The highest BCUT2D eigenvalue weighted by molar-refractivity contribution is 5.40. The number of imidazole rings is 1. The van der Waals surface area contributed by atoms with Crippen LogP contribution in [-0.2, 0) is 6.61 Å². The average Bonchev–Trinajstić information content (AvgIpc) is 3.31. The molecule has 0 amide bonds. The van der Waals surface area contributed by atoms with Gasteiger partial charge in [-0.25, -0.2) is 4.98 Å².